The van der Waals surface area contributed by atoms with Crippen molar-refractivity contribution in [2.75, 3.05) is 11.9 Å². The van der Waals surface area contributed by atoms with Gasteiger partial charge in [-0.15, -0.1) is 0 Å². The van der Waals surface area contributed by atoms with E-state index in [1.165, 1.54) is 0 Å². The van der Waals surface area contributed by atoms with E-state index in [0.29, 0.717) is 13.0 Å². The number of nitrogens with one attached hydrogen (secondary N) is 1. The number of aryl methyl sites for hydroxylation is 2. The van der Waals surface area contributed by atoms with Crippen molar-refractivity contribution >= 4 is 5.95 Å². The van der Waals surface area contributed by atoms with Gasteiger partial charge in [0.1, 0.15) is 11.5 Å². The van der Waals surface area contributed by atoms with Gasteiger partial charge in [0.15, 0.2) is 0 Å². The van der Waals surface area contributed by atoms with Gasteiger partial charge in [0.2, 0.25) is 5.95 Å². The van der Waals surface area contributed by atoms with Gasteiger partial charge in [0, 0.05) is 37.8 Å². The van der Waals surface area contributed by atoms with Crippen molar-refractivity contribution in [3.8, 4) is 0 Å². The summed E-state index contributed by atoms with van der Waals surface area (Å²) in [6, 6.07) is 0.864. The highest BCUT2D eigenvalue weighted by atomic mass is 19.4. The summed E-state index contributed by atoms with van der Waals surface area (Å²) < 4.78 is 40.1. The van der Waals surface area contributed by atoms with Gasteiger partial charge in [0.25, 0.3) is 0 Å². The number of aromatic nitrogens is 4. The van der Waals surface area contributed by atoms with E-state index in [4.69, 9.17) is 0 Å². The molecule has 0 bridgehead atoms. The molecule has 1 N–H and O–H groups in total. The zero-order chi connectivity index (χ0) is 16.4. The van der Waals surface area contributed by atoms with Crippen LogP contribution in [0, 0.1) is 6.92 Å². The van der Waals surface area contributed by atoms with Crippen LogP contribution in [0.2, 0.25) is 0 Å². The molecular formula is C15H18F3N5. The topological polar surface area (TPSA) is 55.6 Å². The molecule has 0 atom stereocenters. The molecule has 8 heteroatoms. The molecule has 23 heavy (non-hydrogen) atoms. The average molecular weight is 325 g/mol. The van der Waals surface area contributed by atoms with Crippen LogP contribution in [-0.2, 0) is 25.6 Å². The molecule has 2 aromatic rings. The molecule has 1 aliphatic heterocycles. The van der Waals surface area contributed by atoms with Gasteiger partial charge in [-0.2, -0.15) is 13.2 Å². The first-order valence-corrected chi connectivity index (χ1v) is 7.64. The fraction of sp³-hybridized carbons (Fsp3) is 0.533. The van der Waals surface area contributed by atoms with Crippen LogP contribution < -0.4 is 5.32 Å². The lowest BCUT2D eigenvalue weighted by atomic mass is 10.1. The predicted molar refractivity (Wildman–Crippen MR) is 79.1 cm³/mol. The fourth-order valence-corrected chi connectivity index (χ4v) is 2.89. The van der Waals surface area contributed by atoms with Crippen LogP contribution in [0.15, 0.2) is 12.3 Å². The molecule has 0 aromatic carbocycles. The Balaban J connectivity index is 1.65. The standard InChI is InChI=1S/C15H18F3N5/c1-10-11(23-9-3-2-4-13(23)21-10)5-7-19-14-20-8-6-12(22-14)15(16,17)18/h6,8H,2-5,7,9H2,1H3,(H,19,20,22). The van der Waals surface area contributed by atoms with E-state index in [0.717, 1.165) is 55.3 Å². The van der Waals surface area contributed by atoms with Gasteiger partial charge in [0.05, 0.1) is 5.69 Å². The number of hydrogen-bond acceptors (Lipinski definition) is 4. The van der Waals surface area contributed by atoms with Crippen molar-refractivity contribution in [1.29, 1.82) is 0 Å². The van der Waals surface area contributed by atoms with Crippen molar-refractivity contribution < 1.29 is 13.2 Å². The van der Waals surface area contributed by atoms with Crippen molar-refractivity contribution in [2.24, 2.45) is 0 Å². The minimum absolute atomic E-state index is 0.00383. The molecule has 1 aliphatic rings. The Morgan fingerprint density at radius 1 is 1.26 bits per heavy atom. The highest BCUT2D eigenvalue weighted by Gasteiger charge is 2.32. The maximum atomic E-state index is 12.6. The Kier molecular flexibility index (Phi) is 4.23. The Morgan fingerprint density at radius 2 is 2.09 bits per heavy atom. The summed E-state index contributed by atoms with van der Waals surface area (Å²) >= 11 is 0. The van der Waals surface area contributed by atoms with Crippen molar-refractivity contribution in [3.05, 3.63) is 35.2 Å². The number of hydrogen-bond donors (Lipinski definition) is 1. The van der Waals surface area contributed by atoms with E-state index < -0.39 is 11.9 Å². The van der Waals surface area contributed by atoms with Gasteiger partial charge in [-0.1, -0.05) is 0 Å². The average Bonchev–Trinajstić information content (AvgIpc) is 2.83. The zero-order valence-corrected chi connectivity index (χ0v) is 12.8. The molecule has 3 heterocycles. The lowest BCUT2D eigenvalue weighted by molar-refractivity contribution is -0.141. The van der Waals surface area contributed by atoms with Gasteiger partial charge >= 0.3 is 6.18 Å². The molecule has 124 valence electrons. The summed E-state index contributed by atoms with van der Waals surface area (Å²) in [4.78, 5) is 11.9. The number of halogens is 3. The molecule has 0 saturated carbocycles. The number of imidazole rings is 1. The minimum atomic E-state index is -4.46. The summed E-state index contributed by atoms with van der Waals surface area (Å²) in [6.07, 6.45) is 0.625. The molecule has 3 rings (SSSR count). The Morgan fingerprint density at radius 3 is 2.87 bits per heavy atom. The third-order valence-electron chi connectivity index (χ3n) is 3.97. The van der Waals surface area contributed by atoms with Crippen LogP contribution in [0.5, 0.6) is 0 Å². The Hall–Kier alpha value is -2.12. The molecule has 0 saturated heterocycles. The third-order valence-corrected chi connectivity index (χ3v) is 3.97. The van der Waals surface area contributed by atoms with Gasteiger partial charge in [-0.3, -0.25) is 0 Å². The van der Waals surface area contributed by atoms with Crippen LogP contribution in [-0.4, -0.2) is 26.1 Å². The molecule has 0 aliphatic carbocycles. The third kappa shape index (κ3) is 3.46. The molecule has 0 spiro atoms. The van der Waals surface area contributed by atoms with Crippen molar-refractivity contribution in [3.63, 3.8) is 0 Å². The normalized spacial score (nSPS) is 14.6. The summed E-state index contributed by atoms with van der Waals surface area (Å²) in [5.74, 6) is 1.11. The minimum Gasteiger partial charge on any atom is -0.354 e. The number of alkyl halides is 3. The highest BCUT2D eigenvalue weighted by molar-refractivity contribution is 5.27. The van der Waals surface area contributed by atoms with Crippen LogP contribution in [0.1, 0.15) is 35.7 Å². The zero-order valence-electron chi connectivity index (χ0n) is 12.8. The number of nitrogens with zero attached hydrogens (tertiary/aromatic N) is 4. The second kappa shape index (κ2) is 6.17. The van der Waals surface area contributed by atoms with Crippen molar-refractivity contribution in [1.82, 2.24) is 19.5 Å². The maximum absolute atomic E-state index is 12.6. The molecule has 0 radical (unpaired) electrons. The quantitative estimate of drug-likeness (QED) is 0.939. The lowest BCUT2D eigenvalue weighted by Gasteiger charge is -2.16. The molecule has 0 fully saturated rings. The second-order valence-electron chi connectivity index (χ2n) is 5.61. The Bertz CT molecular complexity index is 693. The number of fused-ring (bicyclic) bond motifs is 1. The van der Waals surface area contributed by atoms with E-state index in [1.54, 1.807) is 0 Å². The second-order valence-corrected chi connectivity index (χ2v) is 5.61. The molecular weight excluding hydrogens is 307 g/mol. The molecule has 0 amide bonds. The fourth-order valence-electron chi connectivity index (χ4n) is 2.89. The van der Waals surface area contributed by atoms with Crippen LogP contribution >= 0.6 is 0 Å². The smallest absolute Gasteiger partial charge is 0.354 e. The maximum Gasteiger partial charge on any atom is 0.433 e. The SMILES string of the molecule is Cc1nc2n(c1CCNc1nccc(C(F)(F)F)n1)CCCC2. The summed E-state index contributed by atoms with van der Waals surface area (Å²) in [5.41, 5.74) is 1.20. The van der Waals surface area contributed by atoms with E-state index in [1.807, 2.05) is 6.92 Å². The first kappa shape index (κ1) is 15.8. The molecule has 2 aromatic heterocycles. The van der Waals surface area contributed by atoms with Crippen LogP contribution in [0.4, 0.5) is 19.1 Å². The lowest BCUT2D eigenvalue weighted by Crippen LogP contribution is -2.17. The monoisotopic (exact) mass is 325 g/mol. The number of anilines is 1. The largest absolute Gasteiger partial charge is 0.433 e. The molecule has 5 nitrogen and oxygen atoms in total. The first-order valence-electron chi connectivity index (χ1n) is 7.64. The number of rotatable bonds is 4. The Labute approximate surface area is 132 Å². The van der Waals surface area contributed by atoms with Crippen molar-refractivity contribution in [2.45, 2.75) is 45.3 Å². The molecule has 0 unspecified atom stereocenters. The van der Waals surface area contributed by atoms with E-state index in [2.05, 4.69) is 24.8 Å². The van der Waals surface area contributed by atoms with Crippen LogP contribution in [0.3, 0.4) is 0 Å². The first-order chi connectivity index (χ1) is 10.9. The summed E-state index contributed by atoms with van der Waals surface area (Å²) in [7, 11) is 0. The van der Waals surface area contributed by atoms with E-state index in [-0.39, 0.29) is 5.95 Å². The summed E-state index contributed by atoms with van der Waals surface area (Å²) in [6.45, 7) is 3.40. The van der Waals surface area contributed by atoms with Gasteiger partial charge < -0.3 is 9.88 Å². The predicted octanol–water partition coefficient (Wildman–Crippen LogP) is 2.99. The van der Waals surface area contributed by atoms with Crippen LogP contribution in [0.25, 0.3) is 0 Å². The van der Waals surface area contributed by atoms with E-state index >= 15 is 0 Å². The summed E-state index contributed by atoms with van der Waals surface area (Å²) in [5, 5.41) is 2.87. The van der Waals surface area contributed by atoms with E-state index in [9.17, 15) is 13.2 Å². The van der Waals surface area contributed by atoms with Gasteiger partial charge in [-0.25, -0.2) is 15.0 Å². The highest BCUT2D eigenvalue weighted by Crippen LogP contribution is 2.27. The van der Waals surface area contributed by atoms with Gasteiger partial charge in [-0.05, 0) is 25.8 Å².